The van der Waals surface area contributed by atoms with Gasteiger partial charge in [0.2, 0.25) is 5.91 Å². The fourth-order valence-corrected chi connectivity index (χ4v) is 6.12. The second kappa shape index (κ2) is 9.27. The van der Waals surface area contributed by atoms with Crippen molar-refractivity contribution in [3.05, 3.63) is 42.1 Å². The molecule has 9 heteroatoms. The first kappa shape index (κ1) is 23.6. The molecule has 1 aromatic carbocycles. The molecule has 1 N–H and O–H groups in total. The fourth-order valence-electron chi connectivity index (χ4n) is 6.12. The van der Waals surface area contributed by atoms with Gasteiger partial charge in [0.05, 0.1) is 36.7 Å². The molecule has 4 aliphatic heterocycles. The lowest BCUT2D eigenvalue weighted by molar-refractivity contribution is -0.170. The van der Waals surface area contributed by atoms with Crippen LogP contribution in [0.25, 0.3) is 0 Å². The molecule has 1 aliphatic carbocycles. The van der Waals surface area contributed by atoms with Crippen molar-refractivity contribution in [3.63, 3.8) is 0 Å². The monoisotopic (exact) mass is 500 g/mol. The molecule has 1 amide bonds. The molecule has 0 radical (unpaired) electrons. The highest BCUT2D eigenvalue weighted by molar-refractivity contribution is 6.00. The molecule has 4 fully saturated rings. The SMILES string of the molecule is CCO[C@H]1CC[C@H](C(=O)N2Cc3cccnc3Nc3ccc(N4C[C@@H]5CC[C@H]4CO5)cc32)CC1(F)F.[HH]. The van der Waals surface area contributed by atoms with Gasteiger partial charge in [0, 0.05) is 44.4 Å². The van der Waals surface area contributed by atoms with Crippen LogP contribution in [0.1, 0.15) is 46.0 Å². The van der Waals surface area contributed by atoms with E-state index in [0.29, 0.717) is 30.6 Å². The number of piperidine rings is 1. The molecule has 2 bridgehead atoms. The van der Waals surface area contributed by atoms with E-state index in [-0.39, 0.29) is 33.0 Å². The van der Waals surface area contributed by atoms with E-state index >= 15 is 0 Å². The minimum Gasteiger partial charge on any atom is -0.374 e. The third kappa shape index (κ3) is 4.22. The van der Waals surface area contributed by atoms with E-state index in [0.717, 1.165) is 36.3 Å². The number of amides is 1. The number of nitrogens with zero attached hydrogens (tertiary/aromatic N) is 3. The number of morpholine rings is 1. The Balaban J connectivity index is 0.00000280. The maximum Gasteiger partial charge on any atom is 0.274 e. The van der Waals surface area contributed by atoms with Crippen LogP contribution in [0.3, 0.4) is 0 Å². The minimum atomic E-state index is -3.03. The van der Waals surface area contributed by atoms with E-state index in [2.05, 4.69) is 21.3 Å². The normalized spacial score (nSPS) is 28.6. The molecule has 36 heavy (non-hydrogen) atoms. The summed E-state index contributed by atoms with van der Waals surface area (Å²) in [7, 11) is 0. The van der Waals surface area contributed by atoms with E-state index in [9.17, 15) is 13.6 Å². The maximum absolute atomic E-state index is 14.9. The lowest BCUT2D eigenvalue weighted by atomic mass is 9.83. The predicted molar refractivity (Wildman–Crippen MR) is 135 cm³/mol. The Labute approximate surface area is 211 Å². The lowest BCUT2D eigenvalue weighted by Gasteiger charge is -2.46. The molecule has 0 spiro atoms. The zero-order valence-electron chi connectivity index (χ0n) is 20.5. The van der Waals surface area contributed by atoms with Crippen molar-refractivity contribution in [2.45, 2.75) is 69.7 Å². The van der Waals surface area contributed by atoms with Gasteiger partial charge in [-0.3, -0.25) is 4.79 Å². The van der Waals surface area contributed by atoms with Crippen LogP contribution in [0.15, 0.2) is 36.5 Å². The van der Waals surface area contributed by atoms with E-state index in [1.807, 2.05) is 24.3 Å². The van der Waals surface area contributed by atoms with E-state index in [1.54, 1.807) is 18.0 Å². The van der Waals surface area contributed by atoms with Crippen molar-refractivity contribution in [1.82, 2.24) is 4.98 Å². The van der Waals surface area contributed by atoms with Crippen LogP contribution in [0.2, 0.25) is 0 Å². The number of alkyl halides is 2. The molecular formula is C27H34F2N4O3. The van der Waals surface area contributed by atoms with Crippen LogP contribution in [0.4, 0.5) is 31.7 Å². The van der Waals surface area contributed by atoms with Crippen LogP contribution < -0.4 is 15.1 Å². The third-order valence-electron chi connectivity index (χ3n) is 8.01. The van der Waals surface area contributed by atoms with E-state index < -0.39 is 24.4 Å². The van der Waals surface area contributed by atoms with E-state index in [4.69, 9.17) is 9.47 Å². The number of hydrogen-bond acceptors (Lipinski definition) is 6. The van der Waals surface area contributed by atoms with Crippen LogP contribution >= 0.6 is 0 Å². The summed E-state index contributed by atoms with van der Waals surface area (Å²) in [4.78, 5) is 22.4. The van der Waals surface area contributed by atoms with Gasteiger partial charge in [-0.15, -0.1) is 0 Å². The number of halogens is 2. The van der Waals surface area contributed by atoms with Crippen molar-refractivity contribution >= 4 is 28.8 Å². The molecule has 1 saturated carbocycles. The van der Waals surface area contributed by atoms with Gasteiger partial charge in [0.25, 0.3) is 5.92 Å². The summed E-state index contributed by atoms with van der Waals surface area (Å²) >= 11 is 0. The number of carbonyl (C=O) groups excluding carboxylic acids is 1. The highest BCUT2D eigenvalue weighted by atomic mass is 19.3. The molecule has 5 aliphatic rings. The number of pyridine rings is 1. The number of hydrogen-bond donors (Lipinski definition) is 1. The summed E-state index contributed by atoms with van der Waals surface area (Å²) in [6, 6.07) is 10.1. The maximum atomic E-state index is 14.9. The molecule has 4 atom stereocenters. The summed E-state index contributed by atoms with van der Waals surface area (Å²) in [6.45, 7) is 3.76. The van der Waals surface area contributed by atoms with Crippen LogP contribution in [0.5, 0.6) is 0 Å². The molecule has 7 rings (SSSR count). The highest BCUT2D eigenvalue weighted by Gasteiger charge is 2.49. The topological polar surface area (TPSA) is 66.9 Å². The van der Waals surface area contributed by atoms with Gasteiger partial charge in [0.1, 0.15) is 11.9 Å². The van der Waals surface area contributed by atoms with Gasteiger partial charge in [-0.2, -0.15) is 0 Å². The number of anilines is 4. The first-order valence-electron chi connectivity index (χ1n) is 13.0. The molecule has 194 valence electrons. The first-order chi connectivity index (χ1) is 17.4. The Morgan fingerprint density at radius 2 is 2.17 bits per heavy atom. The summed E-state index contributed by atoms with van der Waals surface area (Å²) in [5, 5.41) is 3.38. The van der Waals surface area contributed by atoms with Gasteiger partial charge in [-0.25, -0.2) is 13.8 Å². The van der Waals surface area contributed by atoms with E-state index in [1.165, 1.54) is 0 Å². The zero-order chi connectivity index (χ0) is 24.9. The Hall–Kier alpha value is -2.78. The fraction of sp³-hybridized carbons (Fsp3) is 0.556. The first-order valence-corrected chi connectivity index (χ1v) is 13.0. The second-order valence-corrected chi connectivity index (χ2v) is 10.3. The number of ether oxygens (including phenoxy) is 2. The molecule has 7 nitrogen and oxygen atoms in total. The smallest absolute Gasteiger partial charge is 0.274 e. The largest absolute Gasteiger partial charge is 0.374 e. The highest BCUT2D eigenvalue weighted by Crippen LogP contribution is 2.44. The quantitative estimate of drug-likeness (QED) is 0.628. The molecular weight excluding hydrogens is 466 g/mol. The number of nitrogens with one attached hydrogen (secondary N) is 1. The van der Waals surface area contributed by atoms with Crippen molar-refractivity contribution in [1.29, 1.82) is 0 Å². The molecule has 0 unspecified atom stereocenters. The van der Waals surface area contributed by atoms with Crippen LogP contribution in [-0.2, 0) is 20.8 Å². The average Bonchev–Trinajstić information content (AvgIpc) is 3.06. The minimum absolute atomic E-state index is 0. The third-order valence-corrected chi connectivity index (χ3v) is 8.01. The number of fused-ring (bicyclic) bond motifs is 5. The summed E-state index contributed by atoms with van der Waals surface area (Å²) in [5.74, 6) is -3.40. The Bertz CT molecular complexity index is 1140. The van der Waals surface area contributed by atoms with Gasteiger partial charge in [-0.1, -0.05) is 6.07 Å². The number of benzene rings is 1. The van der Waals surface area contributed by atoms with Crippen molar-refractivity contribution < 1.29 is 24.5 Å². The van der Waals surface area contributed by atoms with Crippen LogP contribution in [0, 0.1) is 5.92 Å². The Morgan fingerprint density at radius 1 is 1.28 bits per heavy atom. The predicted octanol–water partition coefficient (Wildman–Crippen LogP) is 5.13. The Kier molecular flexibility index (Phi) is 6.08. The van der Waals surface area contributed by atoms with Gasteiger partial charge in [-0.05, 0) is 56.9 Å². The van der Waals surface area contributed by atoms with Gasteiger partial charge >= 0.3 is 0 Å². The standard InChI is InChI=1S/C27H32F2N4O3.H2/c1-2-35-24-10-5-17(13-27(24,28)29)26(34)33-14-18-4-3-11-30-25(18)31-22-9-7-19(12-23(22)33)32-15-21-8-6-20(32)16-36-21;/h3-4,7,9,11-12,17,20-21,24H,2,5-6,8,10,13-16H2,1H3,(H,30,31);1H/t17-,20-,21-,24-;/m0./s1. The van der Waals surface area contributed by atoms with Crippen molar-refractivity contribution in [2.24, 2.45) is 5.92 Å². The Morgan fingerprint density at radius 3 is 2.89 bits per heavy atom. The molecule has 5 heterocycles. The summed E-state index contributed by atoms with van der Waals surface area (Å²) in [5.41, 5.74) is 3.32. The number of aromatic nitrogens is 1. The number of carbonyl (C=O) groups is 1. The van der Waals surface area contributed by atoms with Crippen LogP contribution in [-0.4, -0.2) is 54.8 Å². The van der Waals surface area contributed by atoms with Gasteiger partial charge < -0.3 is 24.6 Å². The molecule has 2 aromatic rings. The number of rotatable bonds is 4. The molecule has 3 saturated heterocycles. The lowest BCUT2D eigenvalue weighted by Crippen LogP contribution is -2.54. The summed E-state index contributed by atoms with van der Waals surface area (Å²) in [6.07, 6.45) is 3.00. The van der Waals surface area contributed by atoms with Crippen molar-refractivity contribution in [3.8, 4) is 0 Å². The van der Waals surface area contributed by atoms with Gasteiger partial charge in [0.15, 0.2) is 0 Å². The molecule has 1 aromatic heterocycles. The summed E-state index contributed by atoms with van der Waals surface area (Å²) < 4.78 is 41.0. The average molecular weight is 501 g/mol. The zero-order valence-corrected chi connectivity index (χ0v) is 20.5. The van der Waals surface area contributed by atoms with Crippen molar-refractivity contribution in [2.75, 3.05) is 34.9 Å². The second-order valence-electron chi connectivity index (χ2n) is 10.3.